The van der Waals surface area contributed by atoms with Gasteiger partial charge < -0.3 is 24.6 Å². The molecule has 1 amide bonds. The maximum Gasteiger partial charge on any atom is 0.295 e. The normalized spacial score (nSPS) is 20.4. The number of likely N-dealkylation sites (tertiary alicyclic amines) is 1. The monoisotopic (exact) mass is 500 g/mol. The number of ether oxygens (including phenoxy) is 2. The van der Waals surface area contributed by atoms with Crippen LogP contribution in [0.3, 0.4) is 0 Å². The molecule has 2 aromatic rings. The maximum absolute atomic E-state index is 13.2. The molecule has 35 heavy (non-hydrogen) atoms. The molecule has 2 aromatic carbocycles. The molecule has 4 rings (SSSR count). The first-order valence-corrected chi connectivity index (χ1v) is 12.1. The number of carbonyl (C=O) groups is 2. The molecule has 8 nitrogen and oxygen atoms in total. The van der Waals surface area contributed by atoms with Crippen LogP contribution in [-0.2, 0) is 14.3 Å². The van der Waals surface area contributed by atoms with E-state index < -0.39 is 23.5 Å². The highest BCUT2D eigenvalue weighted by Crippen LogP contribution is 2.42. The minimum absolute atomic E-state index is 0.00483. The van der Waals surface area contributed by atoms with Crippen molar-refractivity contribution in [1.82, 2.24) is 9.80 Å². The Labute approximate surface area is 209 Å². The summed E-state index contributed by atoms with van der Waals surface area (Å²) in [5.41, 5.74) is 0.534. The molecule has 2 fully saturated rings. The summed E-state index contributed by atoms with van der Waals surface area (Å²) in [6.07, 6.45) is 0.650. The van der Waals surface area contributed by atoms with Crippen molar-refractivity contribution in [3.63, 3.8) is 0 Å². The van der Waals surface area contributed by atoms with Crippen molar-refractivity contribution in [3.8, 4) is 11.5 Å². The number of aromatic hydroxyl groups is 1. The van der Waals surface area contributed by atoms with E-state index in [1.165, 1.54) is 23.1 Å². The van der Waals surface area contributed by atoms with Crippen LogP contribution in [0.4, 0.5) is 0 Å². The van der Waals surface area contributed by atoms with Crippen LogP contribution >= 0.6 is 11.6 Å². The number of rotatable bonds is 8. The zero-order chi connectivity index (χ0) is 24.9. The van der Waals surface area contributed by atoms with Crippen LogP contribution in [0.15, 0.2) is 48.0 Å². The van der Waals surface area contributed by atoms with Crippen molar-refractivity contribution >= 4 is 29.1 Å². The minimum Gasteiger partial charge on any atom is -0.507 e. The van der Waals surface area contributed by atoms with Crippen molar-refractivity contribution in [3.05, 3.63) is 64.2 Å². The van der Waals surface area contributed by atoms with Gasteiger partial charge in [0.25, 0.3) is 11.7 Å². The molecule has 186 valence electrons. The van der Waals surface area contributed by atoms with Gasteiger partial charge in [-0.25, -0.2) is 0 Å². The molecule has 2 aliphatic rings. The van der Waals surface area contributed by atoms with Crippen LogP contribution in [-0.4, -0.2) is 77.7 Å². The lowest BCUT2D eigenvalue weighted by atomic mass is 9.94. The number of carbonyl (C=O) groups excluding carboxylic acids is 2. The predicted molar refractivity (Wildman–Crippen MR) is 132 cm³/mol. The molecular weight excluding hydrogens is 472 g/mol. The largest absolute Gasteiger partial charge is 0.507 e. The van der Waals surface area contributed by atoms with Crippen LogP contribution in [0.5, 0.6) is 11.5 Å². The highest BCUT2D eigenvalue weighted by atomic mass is 35.5. The molecule has 0 bridgehead atoms. The summed E-state index contributed by atoms with van der Waals surface area (Å²) in [7, 11) is 0. The number of amides is 1. The fraction of sp³-hybridized carbons (Fsp3) is 0.385. The molecule has 2 N–H and O–H groups in total. The van der Waals surface area contributed by atoms with Gasteiger partial charge in [-0.15, -0.1) is 0 Å². The number of aliphatic hydroxyl groups excluding tert-OH is 1. The molecular formula is C26H29ClN2O6. The average molecular weight is 501 g/mol. The molecule has 2 saturated heterocycles. The van der Waals surface area contributed by atoms with Gasteiger partial charge in [-0.3, -0.25) is 14.5 Å². The Morgan fingerprint density at radius 2 is 1.91 bits per heavy atom. The zero-order valence-electron chi connectivity index (χ0n) is 19.6. The number of hydrogen-bond acceptors (Lipinski definition) is 7. The van der Waals surface area contributed by atoms with Crippen LogP contribution in [0.2, 0.25) is 5.02 Å². The predicted octanol–water partition coefficient (Wildman–Crippen LogP) is 3.59. The van der Waals surface area contributed by atoms with E-state index in [1.807, 2.05) is 6.92 Å². The number of halogens is 1. The van der Waals surface area contributed by atoms with Gasteiger partial charge in [0.15, 0.2) is 0 Å². The molecule has 0 aromatic heterocycles. The molecule has 0 saturated carbocycles. The Kier molecular flexibility index (Phi) is 7.95. The Morgan fingerprint density at radius 1 is 1.14 bits per heavy atom. The fourth-order valence-electron chi connectivity index (χ4n) is 4.53. The van der Waals surface area contributed by atoms with Gasteiger partial charge in [0.05, 0.1) is 37.0 Å². The summed E-state index contributed by atoms with van der Waals surface area (Å²) in [6, 6.07) is 10.5. The van der Waals surface area contributed by atoms with Gasteiger partial charge in [-0.1, -0.05) is 23.7 Å². The second kappa shape index (κ2) is 11.1. The van der Waals surface area contributed by atoms with E-state index in [0.717, 1.165) is 19.6 Å². The molecule has 1 unspecified atom stereocenters. The van der Waals surface area contributed by atoms with Crippen molar-refractivity contribution in [2.45, 2.75) is 19.4 Å². The quantitative estimate of drug-likeness (QED) is 0.324. The number of benzene rings is 2. The number of aliphatic hydroxyl groups is 1. The maximum atomic E-state index is 13.2. The van der Waals surface area contributed by atoms with E-state index in [1.54, 1.807) is 24.3 Å². The third-order valence-electron chi connectivity index (χ3n) is 6.22. The van der Waals surface area contributed by atoms with E-state index in [4.69, 9.17) is 21.1 Å². The Balaban J connectivity index is 1.72. The second-order valence-electron chi connectivity index (χ2n) is 8.47. The molecule has 1 atom stereocenters. The minimum atomic E-state index is -0.835. The van der Waals surface area contributed by atoms with Gasteiger partial charge in [-0.2, -0.15) is 0 Å². The highest BCUT2D eigenvalue weighted by Gasteiger charge is 2.46. The van der Waals surface area contributed by atoms with Crippen molar-refractivity contribution < 1.29 is 29.3 Å². The van der Waals surface area contributed by atoms with E-state index in [9.17, 15) is 19.8 Å². The number of phenols is 1. The van der Waals surface area contributed by atoms with Crippen molar-refractivity contribution in [2.75, 3.05) is 46.0 Å². The summed E-state index contributed by atoms with van der Waals surface area (Å²) in [5, 5.41) is 21.8. The first-order valence-electron chi connectivity index (χ1n) is 11.7. The van der Waals surface area contributed by atoms with Crippen molar-refractivity contribution in [1.29, 1.82) is 0 Å². The number of phenolic OH excluding ortho intramolecular Hbond substituents is 1. The Bertz CT molecular complexity index is 1130. The van der Waals surface area contributed by atoms with Crippen LogP contribution in [0.25, 0.3) is 5.76 Å². The number of morpholine rings is 1. The summed E-state index contributed by atoms with van der Waals surface area (Å²) < 4.78 is 11.0. The van der Waals surface area contributed by atoms with Gasteiger partial charge in [-0.05, 0) is 49.2 Å². The second-order valence-corrected chi connectivity index (χ2v) is 8.90. The average Bonchev–Trinajstić information content (AvgIpc) is 3.11. The lowest BCUT2D eigenvalue weighted by Crippen LogP contribution is -2.38. The topological polar surface area (TPSA) is 99.5 Å². The molecule has 0 aliphatic carbocycles. The molecule has 0 spiro atoms. The van der Waals surface area contributed by atoms with Gasteiger partial charge in [0.2, 0.25) is 0 Å². The van der Waals surface area contributed by atoms with E-state index in [-0.39, 0.29) is 21.9 Å². The molecule has 9 heteroatoms. The van der Waals surface area contributed by atoms with Gasteiger partial charge in [0, 0.05) is 31.2 Å². The Morgan fingerprint density at radius 3 is 2.66 bits per heavy atom. The summed E-state index contributed by atoms with van der Waals surface area (Å²) >= 11 is 6.08. The van der Waals surface area contributed by atoms with Gasteiger partial charge >= 0.3 is 0 Å². The number of ketones is 1. The summed E-state index contributed by atoms with van der Waals surface area (Å²) in [4.78, 5) is 30.1. The number of nitrogens with zero attached hydrogens (tertiary/aromatic N) is 2. The summed E-state index contributed by atoms with van der Waals surface area (Å²) in [5.74, 6) is -1.62. The number of Topliss-reactive ketones (excluding diaryl/α,β-unsaturated/α-hetero) is 1. The summed E-state index contributed by atoms with van der Waals surface area (Å²) in [6.45, 7) is 6.41. The first kappa shape index (κ1) is 25.0. The Hall–Kier alpha value is -3.07. The zero-order valence-corrected chi connectivity index (χ0v) is 20.3. The smallest absolute Gasteiger partial charge is 0.295 e. The molecule has 2 heterocycles. The highest BCUT2D eigenvalue weighted by molar-refractivity contribution is 6.46. The SMILES string of the molecule is CCOc1cccc(C2C(=C(O)c3cc(Cl)ccc3O)C(=O)C(=O)N2CCCN2CCOCC2)c1. The third-order valence-corrected chi connectivity index (χ3v) is 6.45. The van der Waals surface area contributed by atoms with Crippen molar-refractivity contribution in [2.24, 2.45) is 0 Å². The fourth-order valence-corrected chi connectivity index (χ4v) is 4.70. The molecule has 2 aliphatic heterocycles. The first-order chi connectivity index (χ1) is 16.9. The van der Waals surface area contributed by atoms with Crippen LogP contribution < -0.4 is 4.74 Å². The lowest BCUT2D eigenvalue weighted by molar-refractivity contribution is -0.140. The third kappa shape index (κ3) is 5.45. The lowest BCUT2D eigenvalue weighted by Gasteiger charge is -2.29. The van der Waals surface area contributed by atoms with E-state index in [2.05, 4.69) is 4.90 Å². The van der Waals surface area contributed by atoms with E-state index >= 15 is 0 Å². The standard InChI is InChI=1S/C26H29ClN2O6/c1-2-35-19-6-3-5-17(15-19)23-22(24(31)20-16-18(27)7-8-21(20)30)25(32)26(33)29(23)10-4-9-28-11-13-34-14-12-28/h3,5-8,15-16,23,30-31H,2,4,9-14H2,1H3. The number of hydrogen-bond donors (Lipinski definition) is 2. The van der Waals surface area contributed by atoms with Gasteiger partial charge in [0.1, 0.15) is 17.3 Å². The van der Waals surface area contributed by atoms with Crippen LogP contribution in [0.1, 0.15) is 30.5 Å². The van der Waals surface area contributed by atoms with Crippen LogP contribution in [0, 0.1) is 0 Å². The van der Waals surface area contributed by atoms with E-state index in [0.29, 0.717) is 44.1 Å². The molecule has 0 radical (unpaired) electrons.